The minimum Gasteiger partial charge on any atom is -0.497 e. The molecule has 3 heterocycles. The summed E-state index contributed by atoms with van der Waals surface area (Å²) in [5, 5.41) is 11.0. The van der Waals surface area contributed by atoms with Crippen molar-refractivity contribution < 1.29 is 13.9 Å². The Morgan fingerprint density at radius 2 is 1.97 bits per heavy atom. The molecule has 1 aliphatic heterocycles. The van der Waals surface area contributed by atoms with Gasteiger partial charge in [-0.05, 0) is 43.3 Å². The van der Waals surface area contributed by atoms with Gasteiger partial charge in [-0.1, -0.05) is 0 Å². The van der Waals surface area contributed by atoms with Crippen LogP contribution in [0.25, 0.3) is 11.3 Å². The Bertz CT molecular complexity index is 897. The Morgan fingerprint density at radius 3 is 2.66 bits per heavy atom. The molecule has 7 nitrogen and oxygen atoms in total. The average molecular weight is 396 g/mol. The Kier molecular flexibility index (Phi) is 6.29. The van der Waals surface area contributed by atoms with Crippen molar-refractivity contribution in [2.75, 3.05) is 40.0 Å². The van der Waals surface area contributed by atoms with E-state index in [0.29, 0.717) is 0 Å². The number of hydrogen-bond acceptors (Lipinski definition) is 6. The summed E-state index contributed by atoms with van der Waals surface area (Å²) in [4.78, 5) is 2.43. The van der Waals surface area contributed by atoms with Gasteiger partial charge in [0.05, 0.1) is 38.3 Å². The SMILES string of the molecule is COc1ccc(-c2[nH]ncc2CNCC(c2ccc(C)o2)N2CCOCC2)cc1. The Morgan fingerprint density at radius 1 is 1.17 bits per heavy atom. The summed E-state index contributed by atoms with van der Waals surface area (Å²) < 4.78 is 16.7. The molecule has 0 spiro atoms. The largest absolute Gasteiger partial charge is 0.497 e. The van der Waals surface area contributed by atoms with Crippen molar-refractivity contribution >= 4 is 0 Å². The van der Waals surface area contributed by atoms with E-state index in [9.17, 15) is 0 Å². The summed E-state index contributed by atoms with van der Waals surface area (Å²) in [6, 6.07) is 12.3. The second-order valence-corrected chi connectivity index (χ2v) is 7.24. The minimum atomic E-state index is 0.184. The van der Waals surface area contributed by atoms with Gasteiger partial charge in [-0.25, -0.2) is 0 Å². The lowest BCUT2D eigenvalue weighted by atomic mass is 10.1. The predicted molar refractivity (Wildman–Crippen MR) is 111 cm³/mol. The molecule has 1 unspecified atom stereocenters. The number of rotatable bonds is 8. The number of H-pyrrole nitrogens is 1. The van der Waals surface area contributed by atoms with Gasteiger partial charge >= 0.3 is 0 Å². The molecule has 1 aliphatic rings. The molecule has 1 saturated heterocycles. The first kappa shape index (κ1) is 19.7. The van der Waals surface area contributed by atoms with Gasteiger partial charge in [0.15, 0.2) is 0 Å². The normalized spacial score (nSPS) is 16.1. The van der Waals surface area contributed by atoms with Crippen LogP contribution in [-0.2, 0) is 11.3 Å². The number of methoxy groups -OCH3 is 1. The van der Waals surface area contributed by atoms with E-state index in [4.69, 9.17) is 13.9 Å². The molecule has 7 heteroatoms. The minimum absolute atomic E-state index is 0.184. The number of aromatic nitrogens is 2. The summed E-state index contributed by atoms with van der Waals surface area (Å²) in [7, 11) is 1.67. The Balaban J connectivity index is 1.43. The van der Waals surface area contributed by atoms with Gasteiger partial charge in [-0.15, -0.1) is 0 Å². The molecule has 2 N–H and O–H groups in total. The van der Waals surface area contributed by atoms with E-state index in [1.54, 1.807) is 7.11 Å². The zero-order valence-electron chi connectivity index (χ0n) is 17.0. The summed E-state index contributed by atoms with van der Waals surface area (Å²) >= 11 is 0. The van der Waals surface area contributed by atoms with E-state index >= 15 is 0 Å². The molecule has 0 bridgehead atoms. The smallest absolute Gasteiger partial charge is 0.122 e. The fourth-order valence-electron chi connectivity index (χ4n) is 3.73. The summed E-state index contributed by atoms with van der Waals surface area (Å²) in [6.07, 6.45) is 1.88. The number of furan rings is 1. The van der Waals surface area contributed by atoms with Crippen molar-refractivity contribution in [2.45, 2.75) is 19.5 Å². The molecule has 0 radical (unpaired) electrons. The van der Waals surface area contributed by atoms with Gasteiger partial charge in [-0.3, -0.25) is 10.00 Å². The first-order valence-corrected chi connectivity index (χ1v) is 10.00. The quantitative estimate of drug-likeness (QED) is 0.609. The van der Waals surface area contributed by atoms with Crippen LogP contribution < -0.4 is 10.1 Å². The average Bonchev–Trinajstić information content (AvgIpc) is 3.41. The number of aryl methyl sites for hydroxylation is 1. The van der Waals surface area contributed by atoms with E-state index in [1.165, 1.54) is 0 Å². The highest BCUT2D eigenvalue weighted by Gasteiger charge is 2.25. The predicted octanol–water partition coefficient (Wildman–Crippen LogP) is 3.15. The van der Waals surface area contributed by atoms with Crippen LogP contribution in [-0.4, -0.2) is 55.1 Å². The van der Waals surface area contributed by atoms with Gasteiger partial charge in [0.2, 0.25) is 0 Å². The van der Waals surface area contributed by atoms with Crippen LogP contribution in [0, 0.1) is 6.92 Å². The Hall–Kier alpha value is -2.61. The van der Waals surface area contributed by atoms with Crippen molar-refractivity contribution in [1.29, 1.82) is 0 Å². The highest BCUT2D eigenvalue weighted by Crippen LogP contribution is 2.25. The molecule has 1 aromatic carbocycles. The van der Waals surface area contributed by atoms with E-state index in [1.807, 2.05) is 43.5 Å². The van der Waals surface area contributed by atoms with E-state index in [0.717, 1.165) is 73.5 Å². The van der Waals surface area contributed by atoms with Crippen molar-refractivity contribution in [3.05, 3.63) is 59.7 Å². The van der Waals surface area contributed by atoms with Crippen LogP contribution >= 0.6 is 0 Å². The van der Waals surface area contributed by atoms with E-state index < -0.39 is 0 Å². The number of ether oxygens (including phenoxy) is 2. The van der Waals surface area contributed by atoms with Crippen LogP contribution in [0.2, 0.25) is 0 Å². The van der Waals surface area contributed by atoms with Crippen molar-refractivity contribution in [3.63, 3.8) is 0 Å². The number of hydrogen-bond donors (Lipinski definition) is 2. The lowest BCUT2D eigenvalue weighted by Gasteiger charge is -2.33. The first-order chi connectivity index (χ1) is 14.2. The van der Waals surface area contributed by atoms with Crippen molar-refractivity contribution in [1.82, 2.24) is 20.4 Å². The number of morpholine rings is 1. The molecule has 0 saturated carbocycles. The number of nitrogens with zero attached hydrogens (tertiary/aromatic N) is 2. The standard InChI is InChI=1S/C22H28N4O3/c1-16-3-8-21(29-16)20(26-9-11-28-12-10-26)15-23-13-18-14-24-25-22(18)17-4-6-19(27-2)7-5-17/h3-8,14,20,23H,9-13,15H2,1-2H3,(H,24,25). The van der Waals surface area contributed by atoms with Crippen LogP contribution in [0.15, 0.2) is 47.0 Å². The lowest BCUT2D eigenvalue weighted by Crippen LogP contribution is -2.42. The highest BCUT2D eigenvalue weighted by molar-refractivity contribution is 5.63. The molecule has 1 atom stereocenters. The van der Waals surface area contributed by atoms with Gasteiger partial charge in [0.25, 0.3) is 0 Å². The third kappa shape index (κ3) is 4.70. The molecular formula is C22H28N4O3. The summed E-state index contributed by atoms with van der Waals surface area (Å²) in [6.45, 7) is 6.85. The first-order valence-electron chi connectivity index (χ1n) is 10.00. The second kappa shape index (κ2) is 9.26. The van der Waals surface area contributed by atoms with Gasteiger partial charge < -0.3 is 19.2 Å². The molecule has 0 aliphatic carbocycles. The zero-order chi connectivity index (χ0) is 20.1. The van der Waals surface area contributed by atoms with E-state index in [2.05, 4.69) is 26.5 Å². The molecule has 1 fully saturated rings. The summed E-state index contributed by atoms with van der Waals surface area (Å²) in [5.74, 6) is 2.78. The topological polar surface area (TPSA) is 75.5 Å². The zero-order valence-corrected chi connectivity index (χ0v) is 17.0. The maximum Gasteiger partial charge on any atom is 0.122 e. The maximum atomic E-state index is 5.95. The molecule has 2 aromatic heterocycles. The maximum absolute atomic E-state index is 5.95. The summed E-state index contributed by atoms with van der Waals surface area (Å²) in [5.41, 5.74) is 3.25. The molecule has 154 valence electrons. The number of nitrogens with one attached hydrogen (secondary N) is 2. The van der Waals surface area contributed by atoms with Crippen molar-refractivity contribution in [2.24, 2.45) is 0 Å². The molecular weight excluding hydrogens is 368 g/mol. The lowest BCUT2D eigenvalue weighted by molar-refractivity contribution is 0.0115. The fourth-order valence-corrected chi connectivity index (χ4v) is 3.73. The van der Waals surface area contributed by atoms with Gasteiger partial charge in [0.1, 0.15) is 17.3 Å². The molecule has 3 aromatic rings. The Labute approximate surface area is 171 Å². The van der Waals surface area contributed by atoms with Gasteiger partial charge in [0, 0.05) is 37.3 Å². The molecule has 0 amide bonds. The van der Waals surface area contributed by atoms with Gasteiger partial charge in [-0.2, -0.15) is 5.10 Å². The van der Waals surface area contributed by atoms with E-state index in [-0.39, 0.29) is 6.04 Å². The number of benzene rings is 1. The molecule has 29 heavy (non-hydrogen) atoms. The third-order valence-electron chi connectivity index (χ3n) is 5.33. The van der Waals surface area contributed by atoms with Crippen LogP contribution in [0.5, 0.6) is 5.75 Å². The fraction of sp³-hybridized carbons (Fsp3) is 0.409. The third-order valence-corrected chi connectivity index (χ3v) is 5.33. The monoisotopic (exact) mass is 396 g/mol. The molecule has 4 rings (SSSR count). The van der Waals surface area contributed by atoms with Crippen molar-refractivity contribution in [3.8, 4) is 17.0 Å². The van der Waals surface area contributed by atoms with Crippen LogP contribution in [0.3, 0.4) is 0 Å². The van der Waals surface area contributed by atoms with Crippen LogP contribution in [0.4, 0.5) is 0 Å². The number of aromatic amines is 1. The second-order valence-electron chi connectivity index (χ2n) is 7.24. The van der Waals surface area contributed by atoms with Crippen LogP contribution in [0.1, 0.15) is 23.1 Å². The highest BCUT2D eigenvalue weighted by atomic mass is 16.5.